The molecule has 1 aromatic carbocycles. The molecule has 1 fully saturated rings. The van der Waals surface area contributed by atoms with Crippen molar-refractivity contribution in [1.82, 2.24) is 19.9 Å². The lowest BCUT2D eigenvalue weighted by atomic mass is 9.87. The summed E-state index contributed by atoms with van der Waals surface area (Å²) in [4.78, 5) is 4.04. The van der Waals surface area contributed by atoms with E-state index in [1.807, 2.05) is 13.1 Å². The van der Waals surface area contributed by atoms with Crippen LogP contribution in [0.3, 0.4) is 0 Å². The van der Waals surface area contributed by atoms with E-state index in [1.54, 1.807) is 16.9 Å². The second-order valence-electron chi connectivity index (χ2n) is 6.13. The molecule has 3 rings (SSSR count). The normalized spacial score (nSPS) is 18.2. The van der Waals surface area contributed by atoms with Crippen molar-refractivity contribution in [1.29, 1.82) is 0 Å². The van der Waals surface area contributed by atoms with E-state index in [1.165, 1.54) is 12.1 Å². The van der Waals surface area contributed by atoms with Gasteiger partial charge in [0.05, 0.1) is 24.5 Å². The van der Waals surface area contributed by atoms with Crippen molar-refractivity contribution in [3.8, 4) is 0 Å². The third-order valence-electron chi connectivity index (χ3n) is 4.54. The largest absolute Gasteiger partial charge is 0.388 e. The van der Waals surface area contributed by atoms with Crippen LogP contribution in [-0.2, 0) is 13.1 Å². The lowest BCUT2D eigenvalue weighted by molar-refractivity contribution is 0.0563. The van der Waals surface area contributed by atoms with Crippen LogP contribution in [0, 0.1) is 11.7 Å². The Morgan fingerprint density at radius 3 is 2.57 bits per heavy atom. The second-order valence-corrected chi connectivity index (χ2v) is 6.13. The van der Waals surface area contributed by atoms with Crippen LogP contribution in [0.4, 0.5) is 4.39 Å². The van der Waals surface area contributed by atoms with E-state index in [0.717, 1.165) is 50.3 Å². The fourth-order valence-electron chi connectivity index (χ4n) is 3.15. The molecule has 1 aliphatic heterocycles. The van der Waals surface area contributed by atoms with Gasteiger partial charge in [0, 0.05) is 6.54 Å². The van der Waals surface area contributed by atoms with Crippen molar-refractivity contribution in [3.63, 3.8) is 0 Å². The Labute approximate surface area is 135 Å². The van der Waals surface area contributed by atoms with Gasteiger partial charge in [-0.3, -0.25) is 4.90 Å². The highest BCUT2D eigenvalue weighted by Crippen LogP contribution is 2.31. The predicted octanol–water partition coefficient (Wildman–Crippen LogP) is 2.38. The van der Waals surface area contributed by atoms with Crippen LogP contribution < -0.4 is 0 Å². The van der Waals surface area contributed by atoms with Gasteiger partial charge in [0.1, 0.15) is 5.82 Å². The molecule has 1 N–H and O–H groups in total. The van der Waals surface area contributed by atoms with Crippen LogP contribution in [0.2, 0.25) is 0 Å². The molecule has 23 heavy (non-hydrogen) atoms. The summed E-state index contributed by atoms with van der Waals surface area (Å²) in [5.41, 5.74) is 1.79. The number of nitrogens with zero attached hydrogens (tertiary/aromatic N) is 4. The van der Waals surface area contributed by atoms with Crippen molar-refractivity contribution < 1.29 is 9.50 Å². The van der Waals surface area contributed by atoms with Crippen molar-refractivity contribution in [2.75, 3.05) is 13.1 Å². The Morgan fingerprint density at radius 2 is 1.96 bits per heavy atom. The van der Waals surface area contributed by atoms with Crippen LogP contribution in [0.25, 0.3) is 0 Å². The van der Waals surface area contributed by atoms with E-state index in [0.29, 0.717) is 0 Å². The number of aliphatic hydroxyl groups excluding tert-OH is 1. The van der Waals surface area contributed by atoms with Gasteiger partial charge in [0.25, 0.3) is 0 Å². The molecule has 0 aliphatic carbocycles. The number of halogens is 1. The monoisotopic (exact) mass is 318 g/mol. The van der Waals surface area contributed by atoms with Crippen molar-refractivity contribution in [2.45, 2.75) is 39.0 Å². The van der Waals surface area contributed by atoms with Crippen molar-refractivity contribution in [3.05, 3.63) is 47.5 Å². The Balaban J connectivity index is 1.52. The first kappa shape index (κ1) is 16.1. The standard InChI is InChI=1S/C17H23FN4O/c1-2-22-19-11-16(20-22)12-21-9-7-14(8-10-21)17(23)13-3-5-15(18)6-4-13/h3-6,11,14,17,23H,2,7-10,12H2,1H3. The average molecular weight is 318 g/mol. The maximum absolute atomic E-state index is 13.0. The Hall–Kier alpha value is -1.79. The van der Waals surface area contributed by atoms with E-state index < -0.39 is 6.10 Å². The van der Waals surface area contributed by atoms with E-state index in [2.05, 4.69) is 15.1 Å². The number of piperidine rings is 1. The maximum Gasteiger partial charge on any atom is 0.123 e. The van der Waals surface area contributed by atoms with Gasteiger partial charge in [-0.2, -0.15) is 15.0 Å². The van der Waals surface area contributed by atoms with Gasteiger partial charge in [-0.25, -0.2) is 4.39 Å². The zero-order valence-corrected chi connectivity index (χ0v) is 13.4. The van der Waals surface area contributed by atoms with Crippen LogP contribution in [0.1, 0.15) is 37.1 Å². The third kappa shape index (κ3) is 3.95. The first-order chi connectivity index (χ1) is 11.2. The third-order valence-corrected chi connectivity index (χ3v) is 4.54. The molecule has 6 heteroatoms. The molecule has 0 radical (unpaired) electrons. The topological polar surface area (TPSA) is 54.2 Å². The quantitative estimate of drug-likeness (QED) is 0.920. The van der Waals surface area contributed by atoms with Crippen molar-refractivity contribution >= 4 is 0 Å². The molecule has 1 atom stereocenters. The molecule has 1 saturated heterocycles. The molecule has 0 saturated carbocycles. The van der Waals surface area contributed by atoms with Crippen LogP contribution in [0.15, 0.2) is 30.5 Å². The second kappa shape index (κ2) is 7.19. The Kier molecular flexibility index (Phi) is 5.03. The minimum absolute atomic E-state index is 0.225. The van der Waals surface area contributed by atoms with E-state index in [4.69, 9.17) is 0 Å². The molecule has 1 unspecified atom stereocenters. The molecule has 2 aromatic rings. The smallest absolute Gasteiger partial charge is 0.123 e. The highest BCUT2D eigenvalue weighted by atomic mass is 19.1. The SMILES string of the molecule is CCn1ncc(CN2CCC(C(O)c3ccc(F)cc3)CC2)n1. The number of hydrogen-bond donors (Lipinski definition) is 1. The van der Waals surface area contributed by atoms with Gasteiger partial charge in [-0.1, -0.05) is 12.1 Å². The molecular formula is C17H23FN4O. The number of likely N-dealkylation sites (tertiary alicyclic amines) is 1. The summed E-state index contributed by atoms with van der Waals surface area (Å²) < 4.78 is 13.0. The average Bonchev–Trinajstić information content (AvgIpc) is 3.03. The molecule has 2 heterocycles. The van der Waals surface area contributed by atoms with E-state index >= 15 is 0 Å². The number of aryl methyl sites for hydroxylation is 1. The molecule has 5 nitrogen and oxygen atoms in total. The van der Waals surface area contributed by atoms with Crippen LogP contribution >= 0.6 is 0 Å². The summed E-state index contributed by atoms with van der Waals surface area (Å²) in [5.74, 6) is -0.0427. The Bertz CT molecular complexity index is 620. The summed E-state index contributed by atoms with van der Waals surface area (Å²) in [6.45, 7) is 5.47. The van der Waals surface area contributed by atoms with E-state index in [-0.39, 0.29) is 11.7 Å². The minimum Gasteiger partial charge on any atom is -0.388 e. The van der Waals surface area contributed by atoms with E-state index in [9.17, 15) is 9.50 Å². The lowest BCUT2D eigenvalue weighted by Gasteiger charge is -2.33. The number of benzene rings is 1. The fraction of sp³-hybridized carbons (Fsp3) is 0.529. The number of rotatable bonds is 5. The fourth-order valence-corrected chi connectivity index (χ4v) is 3.15. The number of hydrogen-bond acceptors (Lipinski definition) is 4. The van der Waals surface area contributed by atoms with Gasteiger partial charge < -0.3 is 5.11 Å². The molecule has 0 bridgehead atoms. The maximum atomic E-state index is 13.0. The first-order valence-electron chi connectivity index (χ1n) is 8.20. The first-order valence-corrected chi connectivity index (χ1v) is 8.20. The van der Waals surface area contributed by atoms with Gasteiger partial charge in [-0.05, 0) is 56.5 Å². The van der Waals surface area contributed by atoms with Crippen LogP contribution in [-0.4, -0.2) is 38.1 Å². The van der Waals surface area contributed by atoms with Gasteiger partial charge >= 0.3 is 0 Å². The molecule has 0 spiro atoms. The summed E-state index contributed by atoms with van der Waals surface area (Å²) in [7, 11) is 0. The van der Waals surface area contributed by atoms with Gasteiger partial charge in [-0.15, -0.1) is 0 Å². The zero-order valence-electron chi connectivity index (χ0n) is 13.4. The highest BCUT2D eigenvalue weighted by molar-refractivity contribution is 5.19. The van der Waals surface area contributed by atoms with Gasteiger partial charge in [0.2, 0.25) is 0 Å². The molecule has 124 valence electrons. The minimum atomic E-state index is -0.515. The number of aromatic nitrogens is 3. The number of aliphatic hydroxyl groups is 1. The summed E-state index contributed by atoms with van der Waals surface area (Å²) >= 11 is 0. The highest BCUT2D eigenvalue weighted by Gasteiger charge is 2.26. The zero-order chi connectivity index (χ0) is 16.2. The van der Waals surface area contributed by atoms with Crippen molar-refractivity contribution in [2.24, 2.45) is 5.92 Å². The predicted molar refractivity (Wildman–Crippen MR) is 85.1 cm³/mol. The van der Waals surface area contributed by atoms with Crippen LogP contribution in [0.5, 0.6) is 0 Å². The van der Waals surface area contributed by atoms with Gasteiger partial charge in [0.15, 0.2) is 0 Å². The molecule has 0 amide bonds. The lowest BCUT2D eigenvalue weighted by Crippen LogP contribution is -2.35. The molecule has 1 aliphatic rings. The summed E-state index contributed by atoms with van der Waals surface area (Å²) in [6.07, 6.45) is 3.17. The molecular weight excluding hydrogens is 295 g/mol. The summed E-state index contributed by atoms with van der Waals surface area (Å²) in [6, 6.07) is 6.17. The molecule has 1 aromatic heterocycles. The Morgan fingerprint density at radius 1 is 1.26 bits per heavy atom. The summed E-state index contributed by atoms with van der Waals surface area (Å²) in [5, 5.41) is 19.1.